The number of nitrogens with zero attached hydrogens (tertiary/aromatic N) is 1. The Hall–Kier alpha value is -2.75. The number of ether oxygens (including phenoxy) is 2. The van der Waals surface area contributed by atoms with Crippen molar-refractivity contribution in [2.45, 2.75) is 11.8 Å². The lowest BCUT2D eigenvalue weighted by atomic mass is 10.1. The van der Waals surface area contributed by atoms with Crippen molar-refractivity contribution in [3.05, 3.63) is 59.7 Å². The molecular formula is C20H22N2O6S. The van der Waals surface area contributed by atoms with E-state index in [0.717, 1.165) is 5.56 Å². The van der Waals surface area contributed by atoms with Crippen molar-refractivity contribution in [1.29, 1.82) is 0 Å². The number of rotatable bonds is 6. The van der Waals surface area contributed by atoms with E-state index in [4.69, 9.17) is 9.47 Å². The fourth-order valence-electron chi connectivity index (χ4n) is 2.88. The van der Waals surface area contributed by atoms with Gasteiger partial charge in [-0.2, -0.15) is 4.31 Å². The van der Waals surface area contributed by atoms with Crippen LogP contribution in [0.25, 0.3) is 0 Å². The first-order valence-electron chi connectivity index (χ1n) is 9.08. The van der Waals surface area contributed by atoms with Crippen LogP contribution in [0.5, 0.6) is 0 Å². The molecule has 1 N–H and O–H groups in total. The summed E-state index contributed by atoms with van der Waals surface area (Å²) in [5, 5.41) is 2.55. The number of carbonyl (C=O) groups excluding carboxylic acids is 2. The lowest BCUT2D eigenvalue weighted by Crippen LogP contribution is -2.40. The Bertz CT molecular complexity index is 1000. The monoisotopic (exact) mass is 418 g/mol. The molecule has 0 atom stereocenters. The van der Waals surface area contributed by atoms with Gasteiger partial charge in [0.25, 0.3) is 5.91 Å². The van der Waals surface area contributed by atoms with Gasteiger partial charge in [-0.05, 0) is 36.8 Å². The molecule has 9 heteroatoms. The van der Waals surface area contributed by atoms with Gasteiger partial charge in [0.05, 0.1) is 23.7 Å². The minimum absolute atomic E-state index is 0.0779. The highest BCUT2D eigenvalue weighted by molar-refractivity contribution is 7.89. The Morgan fingerprint density at radius 1 is 1.10 bits per heavy atom. The Morgan fingerprint density at radius 2 is 1.83 bits per heavy atom. The van der Waals surface area contributed by atoms with Crippen LogP contribution >= 0.6 is 0 Å². The molecule has 2 aromatic rings. The van der Waals surface area contributed by atoms with Gasteiger partial charge >= 0.3 is 5.97 Å². The van der Waals surface area contributed by atoms with Gasteiger partial charge in [-0.25, -0.2) is 13.2 Å². The molecule has 29 heavy (non-hydrogen) atoms. The van der Waals surface area contributed by atoms with E-state index in [2.05, 4.69) is 5.32 Å². The van der Waals surface area contributed by atoms with Crippen LogP contribution in [0.15, 0.2) is 53.4 Å². The van der Waals surface area contributed by atoms with Gasteiger partial charge in [-0.15, -0.1) is 0 Å². The number of amides is 1. The van der Waals surface area contributed by atoms with Gasteiger partial charge < -0.3 is 14.8 Å². The molecule has 1 heterocycles. The van der Waals surface area contributed by atoms with Crippen LogP contribution in [-0.4, -0.2) is 57.5 Å². The molecule has 1 amide bonds. The molecular weight excluding hydrogens is 396 g/mol. The first kappa shape index (κ1) is 21.0. The van der Waals surface area contributed by atoms with Crippen LogP contribution in [0, 0.1) is 6.92 Å². The standard InChI is InChI=1S/C20H22N2O6S/c1-15-5-2-3-8-18(15)20(24)28-14-19(23)21-16-6-4-7-17(13-16)29(25,26)22-9-11-27-12-10-22/h2-8,13H,9-12,14H2,1H3,(H,21,23). The zero-order valence-electron chi connectivity index (χ0n) is 16.0. The normalized spacial score (nSPS) is 14.9. The van der Waals surface area contributed by atoms with E-state index in [1.165, 1.54) is 16.4 Å². The smallest absolute Gasteiger partial charge is 0.338 e. The minimum Gasteiger partial charge on any atom is -0.452 e. The average molecular weight is 418 g/mol. The number of benzene rings is 2. The van der Waals surface area contributed by atoms with E-state index in [1.54, 1.807) is 43.3 Å². The summed E-state index contributed by atoms with van der Waals surface area (Å²) < 4.78 is 37.0. The molecule has 2 aromatic carbocycles. The van der Waals surface area contributed by atoms with Crippen molar-refractivity contribution < 1.29 is 27.5 Å². The lowest BCUT2D eigenvalue weighted by molar-refractivity contribution is -0.119. The number of hydrogen-bond acceptors (Lipinski definition) is 6. The van der Waals surface area contributed by atoms with Gasteiger partial charge in [-0.1, -0.05) is 24.3 Å². The highest BCUT2D eigenvalue weighted by atomic mass is 32.2. The molecule has 1 aliphatic rings. The van der Waals surface area contributed by atoms with E-state index in [1.807, 2.05) is 0 Å². The molecule has 1 saturated heterocycles. The average Bonchev–Trinajstić information content (AvgIpc) is 2.73. The van der Waals surface area contributed by atoms with Crippen LogP contribution in [-0.2, 0) is 24.3 Å². The molecule has 0 bridgehead atoms. The quantitative estimate of drug-likeness (QED) is 0.718. The second-order valence-corrected chi connectivity index (χ2v) is 8.42. The summed E-state index contributed by atoms with van der Waals surface area (Å²) in [6.45, 7) is 2.57. The molecule has 0 unspecified atom stereocenters. The molecule has 0 spiro atoms. The number of anilines is 1. The Labute approximate surface area is 169 Å². The molecule has 0 radical (unpaired) electrons. The third-order valence-electron chi connectivity index (χ3n) is 4.42. The molecule has 0 saturated carbocycles. The summed E-state index contributed by atoms with van der Waals surface area (Å²) >= 11 is 0. The van der Waals surface area contributed by atoms with Crippen molar-refractivity contribution in [2.24, 2.45) is 0 Å². The Kier molecular flexibility index (Phi) is 6.63. The molecule has 3 rings (SSSR count). The summed E-state index contributed by atoms with van der Waals surface area (Å²) in [6.07, 6.45) is 0. The topological polar surface area (TPSA) is 102 Å². The second kappa shape index (κ2) is 9.17. The fourth-order valence-corrected chi connectivity index (χ4v) is 4.33. The Morgan fingerprint density at radius 3 is 2.55 bits per heavy atom. The summed E-state index contributed by atoms with van der Waals surface area (Å²) in [5.74, 6) is -1.16. The molecule has 154 valence electrons. The number of nitrogens with one attached hydrogen (secondary N) is 1. The number of carbonyl (C=O) groups is 2. The second-order valence-electron chi connectivity index (χ2n) is 6.48. The van der Waals surface area contributed by atoms with Crippen molar-refractivity contribution in [3.8, 4) is 0 Å². The largest absolute Gasteiger partial charge is 0.452 e. The van der Waals surface area contributed by atoms with E-state index >= 15 is 0 Å². The van der Waals surface area contributed by atoms with E-state index in [-0.39, 0.29) is 18.0 Å². The molecule has 0 aliphatic carbocycles. The van der Waals surface area contributed by atoms with Crippen molar-refractivity contribution in [1.82, 2.24) is 4.31 Å². The number of aryl methyl sites for hydroxylation is 1. The number of morpholine rings is 1. The lowest BCUT2D eigenvalue weighted by Gasteiger charge is -2.26. The van der Waals surface area contributed by atoms with E-state index in [0.29, 0.717) is 24.5 Å². The minimum atomic E-state index is -3.67. The summed E-state index contributed by atoms with van der Waals surface area (Å²) in [6, 6.07) is 12.9. The fraction of sp³-hybridized carbons (Fsp3) is 0.300. The first-order valence-corrected chi connectivity index (χ1v) is 10.5. The van der Waals surface area contributed by atoms with Crippen LogP contribution in [0.3, 0.4) is 0 Å². The Balaban J connectivity index is 1.62. The molecule has 0 aromatic heterocycles. The zero-order valence-corrected chi connectivity index (χ0v) is 16.8. The number of hydrogen-bond donors (Lipinski definition) is 1. The molecule has 8 nitrogen and oxygen atoms in total. The van der Waals surface area contributed by atoms with Gasteiger partial charge in [0.1, 0.15) is 0 Å². The maximum atomic E-state index is 12.7. The predicted molar refractivity (Wildman–Crippen MR) is 106 cm³/mol. The van der Waals surface area contributed by atoms with Gasteiger partial charge in [0, 0.05) is 18.8 Å². The van der Waals surface area contributed by atoms with E-state index in [9.17, 15) is 18.0 Å². The predicted octanol–water partition coefficient (Wildman–Crippen LogP) is 1.81. The number of sulfonamides is 1. The first-order chi connectivity index (χ1) is 13.9. The highest BCUT2D eigenvalue weighted by Crippen LogP contribution is 2.20. The third-order valence-corrected chi connectivity index (χ3v) is 6.32. The zero-order chi connectivity index (χ0) is 20.9. The SMILES string of the molecule is Cc1ccccc1C(=O)OCC(=O)Nc1cccc(S(=O)(=O)N2CCOCC2)c1. The van der Waals surface area contributed by atoms with E-state index < -0.39 is 28.5 Å². The van der Waals surface area contributed by atoms with Gasteiger partial charge in [0.15, 0.2) is 6.61 Å². The van der Waals surface area contributed by atoms with Crippen LogP contribution in [0.2, 0.25) is 0 Å². The summed E-state index contributed by atoms with van der Waals surface area (Å²) in [4.78, 5) is 24.3. The van der Waals surface area contributed by atoms with Crippen LogP contribution in [0.1, 0.15) is 15.9 Å². The molecule has 1 fully saturated rings. The number of esters is 1. The van der Waals surface area contributed by atoms with Gasteiger partial charge in [0.2, 0.25) is 10.0 Å². The van der Waals surface area contributed by atoms with Gasteiger partial charge in [-0.3, -0.25) is 4.79 Å². The van der Waals surface area contributed by atoms with Crippen molar-refractivity contribution in [2.75, 3.05) is 38.2 Å². The maximum absolute atomic E-state index is 12.7. The van der Waals surface area contributed by atoms with Crippen molar-refractivity contribution >= 4 is 27.6 Å². The third kappa shape index (κ3) is 5.20. The van der Waals surface area contributed by atoms with Crippen LogP contribution in [0.4, 0.5) is 5.69 Å². The van der Waals surface area contributed by atoms with Crippen LogP contribution < -0.4 is 5.32 Å². The summed E-state index contributed by atoms with van der Waals surface area (Å²) in [7, 11) is -3.67. The molecule has 1 aliphatic heterocycles. The summed E-state index contributed by atoms with van der Waals surface area (Å²) in [5.41, 5.74) is 1.44. The maximum Gasteiger partial charge on any atom is 0.338 e. The highest BCUT2D eigenvalue weighted by Gasteiger charge is 2.26. The van der Waals surface area contributed by atoms with Crippen molar-refractivity contribution in [3.63, 3.8) is 0 Å².